The fourth-order valence-electron chi connectivity index (χ4n) is 3.26. The number of carbonyl (C=O) groups is 1. The van der Waals surface area contributed by atoms with Gasteiger partial charge in [-0.05, 0) is 31.7 Å². The zero-order valence-electron chi connectivity index (χ0n) is 12.8. The summed E-state index contributed by atoms with van der Waals surface area (Å²) in [6, 6.07) is 5.04. The highest BCUT2D eigenvalue weighted by Crippen LogP contribution is 2.25. The van der Waals surface area contributed by atoms with Crippen LogP contribution in [0.5, 0.6) is 5.75 Å². The molecule has 0 aromatic heterocycles. The second-order valence-electron chi connectivity index (χ2n) is 6.19. The van der Waals surface area contributed by atoms with Crippen molar-refractivity contribution in [2.75, 3.05) is 46.3 Å². The minimum absolute atomic E-state index is 0.00236. The van der Waals surface area contributed by atoms with Crippen molar-refractivity contribution in [3.05, 3.63) is 28.8 Å². The molecule has 1 amide bonds. The van der Waals surface area contributed by atoms with Crippen LogP contribution in [0.25, 0.3) is 0 Å². The van der Waals surface area contributed by atoms with Gasteiger partial charge in [0, 0.05) is 50.3 Å². The van der Waals surface area contributed by atoms with Crippen molar-refractivity contribution in [1.82, 2.24) is 14.7 Å². The Labute approximate surface area is 136 Å². The van der Waals surface area contributed by atoms with Crippen LogP contribution in [0, 0.1) is 0 Å². The van der Waals surface area contributed by atoms with Crippen LogP contribution in [-0.2, 0) is 0 Å². The number of likely N-dealkylation sites (N-methyl/N-ethyl adjacent to an activating group) is 1. The number of rotatable bonds is 2. The number of nitrogens with zero attached hydrogens (tertiary/aromatic N) is 3. The minimum atomic E-state index is -0.128. The first kappa shape index (κ1) is 15.6. The topological polar surface area (TPSA) is 47.0 Å². The third-order valence-electron chi connectivity index (χ3n) is 4.69. The molecule has 2 saturated heterocycles. The van der Waals surface area contributed by atoms with Crippen molar-refractivity contribution < 1.29 is 9.90 Å². The summed E-state index contributed by atoms with van der Waals surface area (Å²) < 4.78 is 0. The standard InChI is InChI=1S/C16H22ClN3O2/c1-18-6-8-19(9-7-18)13-4-5-20(11-13)16(22)14-10-12(17)2-3-15(14)21/h2-3,10,13,21H,4-9,11H2,1H3/t13-/m1/s1. The molecule has 0 radical (unpaired) electrons. The number of amides is 1. The summed E-state index contributed by atoms with van der Waals surface area (Å²) >= 11 is 5.94. The number of phenols is 1. The van der Waals surface area contributed by atoms with Crippen LogP contribution in [0.15, 0.2) is 18.2 Å². The van der Waals surface area contributed by atoms with Gasteiger partial charge in [-0.1, -0.05) is 11.6 Å². The Morgan fingerprint density at radius 3 is 2.68 bits per heavy atom. The number of piperazine rings is 1. The van der Waals surface area contributed by atoms with E-state index in [2.05, 4.69) is 16.8 Å². The van der Waals surface area contributed by atoms with Gasteiger partial charge in [0.1, 0.15) is 5.75 Å². The van der Waals surface area contributed by atoms with E-state index < -0.39 is 0 Å². The zero-order chi connectivity index (χ0) is 15.7. The van der Waals surface area contributed by atoms with E-state index in [1.807, 2.05) is 4.90 Å². The summed E-state index contributed by atoms with van der Waals surface area (Å²) in [5.41, 5.74) is 0.298. The van der Waals surface area contributed by atoms with E-state index in [1.54, 1.807) is 12.1 Å². The van der Waals surface area contributed by atoms with Crippen LogP contribution in [0.4, 0.5) is 0 Å². The van der Waals surface area contributed by atoms with Crippen LogP contribution >= 0.6 is 11.6 Å². The van der Waals surface area contributed by atoms with E-state index in [9.17, 15) is 9.90 Å². The lowest BCUT2D eigenvalue weighted by molar-refractivity contribution is 0.0752. The largest absolute Gasteiger partial charge is 0.507 e. The average molecular weight is 324 g/mol. The molecular formula is C16H22ClN3O2. The second kappa shape index (κ2) is 6.44. The Morgan fingerprint density at radius 2 is 1.95 bits per heavy atom. The average Bonchev–Trinajstić information content (AvgIpc) is 2.99. The number of hydrogen-bond acceptors (Lipinski definition) is 4. The van der Waals surface area contributed by atoms with Crippen LogP contribution in [0.2, 0.25) is 5.02 Å². The number of hydrogen-bond donors (Lipinski definition) is 1. The molecule has 1 aromatic carbocycles. The summed E-state index contributed by atoms with van der Waals surface area (Å²) in [6.45, 7) is 5.76. The van der Waals surface area contributed by atoms with Crippen LogP contribution in [0.3, 0.4) is 0 Å². The quantitative estimate of drug-likeness (QED) is 0.896. The van der Waals surface area contributed by atoms with Gasteiger partial charge in [0.2, 0.25) is 0 Å². The number of aromatic hydroxyl groups is 1. The second-order valence-corrected chi connectivity index (χ2v) is 6.63. The first-order valence-corrected chi connectivity index (χ1v) is 8.13. The van der Waals surface area contributed by atoms with Gasteiger partial charge in [0.25, 0.3) is 5.91 Å². The van der Waals surface area contributed by atoms with Crippen molar-refractivity contribution in [2.24, 2.45) is 0 Å². The summed E-state index contributed by atoms with van der Waals surface area (Å²) in [6.07, 6.45) is 0.997. The number of likely N-dealkylation sites (tertiary alicyclic amines) is 1. The van der Waals surface area contributed by atoms with Crippen molar-refractivity contribution in [1.29, 1.82) is 0 Å². The molecule has 0 bridgehead atoms. The number of benzene rings is 1. The lowest BCUT2D eigenvalue weighted by atomic mass is 10.1. The Morgan fingerprint density at radius 1 is 1.23 bits per heavy atom. The fraction of sp³-hybridized carbons (Fsp3) is 0.562. The SMILES string of the molecule is CN1CCN([C@@H]2CCN(C(=O)c3cc(Cl)ccc3O)C2)CC1. The van der Waals surface area contributed by atoms with Gasteiger partial charge in [-0.2, -0.15) is 0 Å². The highest BCUT2D eigenvalue weighted by atomic mass is 35.5. The molecule has 0 saturated carbocycles. The van der Waals surface area contributed by atoms with Crippen LogP contribution in [0.1, 0.15) is 16.8 Å². The van der Waals surface area contributed by atoms with Crippen molar-refractivity contribution in [3.8, 4) is 5.75 Å². The van der Waals surface area contributed by atoms with Gasteiger partial charge in [-0.25, -0.2) is 0 Å². The molecule has 6 heteroatoms. The third kappa shape index (κ3) is 3.21. The van der Waals surface area contributed by atoms with Crippen LogP contribution in [-0.4, -0.2) is 78.1 Å². The third-order valence-corrected chi connectivity index (χ3v) is 4.93. The van der Waals surface area contributed by atoms with Gasteiger partial charge in [-0.3, -0.25) is 9.69 Å². The molecule has 2 heterocycles. The first-order chi connectivity index (χ1) is 10.5. The van der Waals surface area contributed by atoms with E-state index in [0.717, 1.165) is 45.7 Å². The number of phenolic OH excluding ortho intramolecular Hbond substituents is 1. The lowest BCUT2D eigenvalue weighted by Gasteiger charge is -2.36. The molecule has 22 heavy (non-hydrogen) atoms. The summed E-state index contributed by atoms with van der Waals surface area (Å²) in [4.78, 5) is 19.2. The molecule has 0 unspecified atom stereocenters. The van der Waals surface area contributed by atoms with E-state index in [4.69, 9.17) is 11.6 Å². The van der Waals surface area contributed by atoms with E-state index in [1.165, 1.54) is 6.07 Å². The molecule has 0 aliphatic carbocycles. The van der Waals surface area contributed by atoms with E-state index >= 15 is 0 Å². The van der Waals surface area contributed by atoms with Gasteiger partial charge < -0.3 is 14.9 Å². The summed E-state index contributed by atoms with van der Waals surface area (Å²) in [5.74, 6) is -0.130. The maximum atomic E-state index is 12.6. The van der Waals surface area contributed by atoms with Crippen molar-refractivity contribution in [2.45, 2.75) is 12.5 Å². The summed E-state index contributed by atoms with van der Waals surface area (Å²) in [7, 11) is 2.14. The van der Waals surface area contributed by atoms with Gasteiger partial charge >= 0.3 is 0 Å². The van der Waals surface area contributed by atoms with Crippen molar-refractivity contribution >= 4 is 17.5 Å². The maximum Gasteiger partial charge on any atom is 0.257 e. The Balaban J connectivity index is 1.65. The highest BCUT2D eigenvalue weighted by molar-refractivity contribution is 6.31. The number of halogens is 1. The van der Waals surface area contributed by atoms with Gasteiger partial charge in [0.05, 0.1) is 5.56 Å². The molecule has 2 aliphatic rings. The Hall–Kier alpha value is -1.30. The van der Waals surface area contributed by atoms with Crippen molar-refractivity contribution in [3.63, 3.8) is 0 Å². The minimum Gasteiger partial charge on any atom is -0.507 e. The zero-order valence-corrected chi connectivity index (χ0v) is 13.6. The molecule has 3 rings (SSSR count). The van der Waals surface area contributed by atoms with Crippen LogP contribution < -0.4 is 0 Å². The molecule has 2 aliphatic heterocycles. The van der Waals surface area contributed by atoms with E-state index in [0.29, 0.717) is 16.6 Å². The predicted octanol–water partition coefficient (Wildman–Crippen LogP) is 1.51. The monoisotopic (exact) mass is 323 g/mol. The molecule has 120 valence electrons. The summed E-state index contributed by atoms with van der Waals surface area (Å²) in [5, 5.41) is 10.4. The first-order valence-electron chi connectivity index (χ1n) is 7.75. The fourth-order valence-corrected chi connectivity index (χ4v) is 3.43. The molecule has 1 atom stereocenters. The lowest BCUT2D eigenvalue weighted by Crippen LogP contribution is -2.50. The van der Waals surface area contributed by atoms with E-state index in [-0.39, 0.29) is 11.7 Å². The maximum absolute atomic E-state index is 12.6. The predicted molar refractivity (Wildman–Crippen MR) is 86.5 cm³/mol. The van der Waals surface area contributed by atoms with Gasteiger partial charge in [-0.15, -0.1) is 0 Å². The molecule has 1 N–H and O–H groups in total. The molecule has 2 fully saturated rings. The molecule has 0 spiro atoms. The van der Waals surface area contributed by atoms with Gasteiger partial charge in [0.15, 0.2) is 0 Å². The Kier molecular flexibility index (Phi) is 4.57. The molecule has 5 nitrogen and oxygen atoms in total. The molecule has 1 aromatic rings. The highest BCUT2D eigenvalue weighted by Gasteiger charge is 2.32. The number of carbonyl (C=O) groups excluding carboxylic acids is 1. The molecular weight excluding hydrogens is 302 g/mol. The smallest absolute Gasteiger partial charge is 0.257 e. The Bertz CT molecular complexity index is 558. The normalized spacial score (nSPS) is 23.9.